The van der Waals surface area contributed by atoms with Crippen molar-refractivity contribution in [3.8, 4) is 0 Å². The van der Waals surface area contributed by atoms with E-state index in [-0.39, 0.29) is 5.78 Å². The first-order valence-corrected chi connectivity index (χ1v) is 11.5. The highest BCUT2D eigenvalue weighted by Crippen LogP contribution is 2.39. The second kappa shape index (κ2) is 8.59. The summed E-state index contributed by atoms with van der Waals surface area (Å²) in [6, 6.07) is 6.21. The van der Waals surface area contributed by atoms with E-state index in [1.54, 1.807) is 30.2 Å². The zero-order chi connectivity index (χ0) is 23.0. The van der Waals surface area contributed by atoms with Gasteiger partial charge in [0.2, 0.25) is 0 Å². The number of anilines is 2. The molecule has 2 fully saturated rings. The van der Waals surface area contributed by atoms with E-state index in [9.17, 15) is 4.79 Å². The third-order valence-corrected chi connectivity index (χ3v) is 6.87. The molecule has 3 aromatic heterocycles. The van der Waals surface area contributed by atoms with Crippen LogP contribution in [0.25, 0.3) is 0 Å². The third kappa shape index (κ3) is 4.35. The van der Waals surface area contributed by atoms with Gasteiger partial charge in [-0.05, 0) is 54.5 Å². The van der Waals surface area contributed by atoms with E-state index in [0.29, 0.717) is 23.4 Å². The number of pyridine rings is 2. The van der Waals surface area contributed by atoms with E-state index in [2.05, 4.69) is 45.1 Å². The van der Waals surface area contributed by atoms with Crippen LogP contribution in [-0.4, -0.2) is 51.8 Å². The SMILES string of the molecule is CC(=O)c1cnn(Cc2ccc(N3CC4(COC4)C3)nc2)c1.CC1CCc2c1ccnc2N. The number of hydrogen-bond acceptors (Lipinski definition) is 7. The lowest BCUT2D eigenvalue weighted by molar-refractivity contribution is -0.127. The van der Waals surface area contributed by atoms with Crippen molar-refractivity contribution in [2.75, 3.05) is 36.9 Å². The number of carbonyl (C=O) groups is 1. The summed E-state index contributed by atoms with van der Waals surface area (Å²) in [6.45, 7) is 8.27. The van der Waals surface area contributed by atoms with Crippen LogP contribution in [0.1, 0.15) is 53.2 Å². The average Bonchev–Trinajstić information content (AvgIpc) is 3.36. The molecule has 1 aliphatic carbocycles. The first kappa shape index (κ1) is 21.6. The summed E-state index contributed by atoms with van der Waals surface area (Å²) in [5.74, 6) is 2.46. The molecule has 2 saturated heterocycles. The van der Waals surface area contributed by atoms with Gasteiger partial charge in [0, 0.05) is 31.7 Å². The first-order valence-electron chi connectivity index (χ1n) is 11.5. The predicted molar refractivity (Wildman–Crippen MR) is 126 cm³/mol. The van der Waals surface area contributed by atoms with Gasteiger partial charge >= 0.3 is 0 Å². The minimum atomic E-state index is 0.0337. The molecule has 0 amide bonds. The number of Topliss-reactive ketones (excluding diaryl/α,β-unsaturated/α-hetero) is 1. The maximum atomic E-state index is 11.3. The van der Waals surface area contributed by atoms with Crippen molar-refractivity contribution in [2.24, 2.45) is 5.41 Å². The summed E-state index contributed by atoms with van der Waals surface area (Å²) in [5.41, 5.74) is 10.5. The van der Waals surface area contributed by atoms with E-state index in [4.69, 9.17) is 10.5 Å². The number of nitrogen functional groups attached to an aromatic ring is 1. The molecule has 33 heavy (non-hydrogen) atoms. The van der Waals surface area contributed by atoms with Crippen molar-refractivity contribution >= 4 is 17.4 Å². The van der Waals surface area contributed by atoms with Gasteiger partial charge in [0.05, 0.1) is 36.9 Å². The van der Waals surface area contributed by atoms with Gasteiger partial charge in [-0.2, -0.15) is 5.10 Å². The zero-order valence-electron chi connectivity index (χ0n) is 19.2. The number of fused-ring (bicyclic) bond motifs is 1. The lowest BCUT2D eigenvalue weighted by Crippen LogP contribution is -2.66. The zero-order valence-corrected chi connectivity index (χ0v) is 19.2. The van der Waals surface area contributed by atoms with Gasteiger partial charge in [-0.1, -0.05) is 13.0 Å². The monoisotopic (exact) mass is 446 g/mol. The molecule has 1 spiro atoms. The van der Waals surface area contributed by atoms with Gasteiger partial charge in [0.25, 0.3) is 0 Å². The molecule has 0 aromatic carbocycles. The Bertz CT molecular complexity index is 1140. The number of nitrogens with zero attached hydrogens (tertiary/aromatic N) is 5. The first-order chi connectivity index (χ1) is 15.9. The molecule has 0 radical (unpaired) electrons. The Morgan fingerprint density at radius 3 is 2.64 bits per heavy atom. The van der Waals surface area contributed by atoms with Gasteiger partial charge in [0.1, 0.15) is 11.6 Å². The van der Waals surface area contributed by atoms with Gasteiger partial charge in [-0.15, -0.1) is 0 Å². The summed E-state index contributed by atoms with van der Waals surface area (Å²) in [6.07, 6.45) is 9.39. The Morgan fingerprint density at radius 2 is 2.03 bits per heavy atom. The highest BCUT2D eigenvalue weighted by atomic mass is 16.5. The van der Waals surface area contributed by atoms with Crippen LogP contribution in [0, 0.1) is 5.41 Å². The molecule has 172 valence electrons. The van der Waals surface area contributed by atoms with Gasteiger partial charge in [-0.3, -0.25) is 9.48 Å². The van der Waals surface area contributed by atoms with Crippen LogP contribution in [0.3, 0.4) is 0 Å². The molecule has 1 atom stereocenters. The van der Waals surface area contributed by atoms with Crippen molar-refractivity contribution in [1.82, 2.24) is 19.7 Å². The molecule has 3 aliphatic rings. The number of hydrogen-bond donors (Lipinski definition) is 1. The Labute approximate surface area is 193 Å². The summed E-state index contributed by atoms with van der Waals surface area (Å²) in [7, 11) is 0. The fraction of sp³-hybridized carbons (Fsp3) is 0.440. The Morgan fingerprint density at radius 1 is 1.21 bits per heavy atom. The summed E-state index contributed by atoms with van der Waals surface area (Å²) < 4.78 is 7.05. The number of rotatable bonds is 4. The van der Waals surface area contributed by atoms with Crippen LogP contribution in [0.2, 0.25) is 0 Å². The molecule has 0 saturated carbocycles. The number of aromatic nitrogens is 4. The van der Waals surface area contributed by atoms with Crippen molar-refractivity contribution in [1.29, 1.82) is 0 Å². The van der Waals surface area contributed by atoms with Crippen LogP contribution in [0.4, 0.5) is 11.6 Å². The average molecular weight is 447 g/mol. The highest BCUT2D eigenvalue weighted by Gasteiger charge is 2.49. The van der Waals surface area contributed by atoms with E-state index in [1.807, 2.05) is 6.20 Å². The molecule has 2 aliphatic heterocycles. The number of carbonyl (C=O) groups excluding carboxylic acids is 1. The smallest absolute Gasteiger partial charge is 0.162 e. The fourth-order valence-electron chi connectivity index (χ4n) is 4.79. The topological polar surface area (TPSA) is 99.2 Å². The van der Waals surface area contributed by atoms with Crippen LogP contribution >= 0.6 is 0 Å². The molecule has 8 heteroatoms. The summed E-state index contributed by atoms with van der Waals surface area (Å²) >= 11 is 0. The largest absolute Gasteiger partial charge is 0.383 e. The van der Waals surface area contributed by atoms with E-state index >= 15 is 0 Å². The summed E-state index contributed by atoms with van der Waals surface area (Å²) in [5, 5.41) is 4.20. The minimum Gasteiger partial charge on any atom is -0.383 e. The quantitative estimate of drug-likeness (QED) is 0.615. The fourth-order valence-corrected chi connectivity index (χ4v) is 4.79. The lowest BCUT2D eigenvalue weighted by atomic mass is 9.78. The predicted octanol–water partition coefficient (Wildman–Crippen LogP) is 3.08. The molecule has 0 bridgehead atoms. The van der Waals surface area contributed by atoms with Crippen molar-refractivity contribution in [2.45, 2.75) is 39.2 Å². The molecular formula is C25H30N6O2. The molecule has 1 unspecified atom stereocenters. The summed E-state index contributed by atoms with van der Waals surface area (Å²) in [4.78, 5) is 22.2. The van der Waals surface area contributed by atoms with Crippen LogP contribution in [-0.2, 0) is 17.7 Å². The van der Waals surface area contributed by atoms with Crippen LogP contribution in [0.5, 0.6) is 0 Å². The van der Waals surface area contributed by atoms with Gasteiger partial charge in [0.15, 0.2) is 5.78 Å². The molecule has 8 nitrogen and oxygen atoms in total. The molecular weight excluding hydrogens is 416 g/mol. The highest BCUT2D eigenvalue weighted by molar-refractivity contribution is 5.93. The Kier molecular flexibility index (Phi) is 5.62. The van der Waals surface area contributed by atoms with Crippen molar-refractivity contribution < 1.29 is 9.53 Å². The second-order valence-corrected chi connectivity index (χ2v) is 9.56. The number of ketones is 1. The van der Waals surface area contributed by atoms with Crippen molar-refractivity contribution in [3.63, 3.8) is 0 Å². The van der Waals surface area contributed by atoms with Gasteiger partial charge < -0.3 is 15.4 Å². The lowest BCUT2D eigenvalue weighted by Gasteiger charge is -2.55. The third-order valence-electron chi connectivity index (χ3n) is 6.87. The molecule has 6 rings (SSSR count). The molecule has 2 N–H and O–H groups in total. The maximum absolute atomic E-state index is 11.3. The van der Waals surface area contributed by atoms with E-state index < -0.39 is 0 Å². The van der Waals surface area contributed by atoms with Crippen LogP contribution < -0.4 is 10.6 Å². The van der Waals surface area contributed by atoms with E-state index in [1.165, 1.54) is 17.5 Å². The second-order valence-electron chi connectivity index (χ2n) is 9.56. The normalized spacial score (nSPS) is 19.8. The number of ether oxygens (including phenoxy) is 1. The van der Waals surface area contributed by atoms with Crippen molar-refractivity contribution in [3.05, 3.63) is 65.2 Å². The Hall–Kier alpha value is -3.26. The van der Waals surface area contributed by atoms with Gasteiger partial charge in [-0.25, -0.2) is 9.97 Å². The maximum Gasteiger partial charge on any atom is 0.162 e. The molecule has 5 heterocycles. The Balaban J connectivity index is 0.000000174. The molecule has 3 aromatic rings. The minimum absolute atomic E-state index is 0.0337. The standard InChI is InChI=1S/C16H18N4O2.C9H12N2/c1-12(21)14-5-18-20(7-14)6-13-2-3-15(17-4-13)19-8-16(9-19)10-22-11-16;1-6-2-3-8-7(6)4-5-11-9(8)10/h2-5,7H,6,8-11H2,1H3;4-6H,2-3H2,1H3,(H2,10,11). The number of nitrogens with two attached hydrogens (primary N) is 1. The van der Waals surface area contributed by atoms with E-state index in [0.717, 1.165) is 49.9 Å². The van der Waals surface area contributed by atoms with Crippen LogP contribution in [0.15, 0.2) is 43.0 Å².